The maximum atomic E-state index is 13.5. The van der Waals surface area contributed by atoms with E-state index in [0.29, 0.717) is 11.1 Å². The average Bonchev–Trinajstić information content (AvgIpc) is 2.59. The van der Waals surface area contributed by atoms with E-state index in [0.717, 1.165) is 0 Å². The zero-order valence-electron chi connectivity index (χ0n) is 17.0. The van der Waals surface area contributed by atoms with Gasteiger partial charge in [-0.3, -0.25) is 4.90 Å². The Kier molecular flexibility index (Phi) is 7.15. The van der Waals surface area contributed by atoms with E-state index >= 15 is 0 Å². The number of esters is 1. The molecule has 162 valence electrons. The number of rotatable bonds is 4. The highest BCUT2D eigenvalue weighted by Crippen LogP contribution is 2.33. The number of piperidine rings is 1. The van der Waals surface area contributed by atoms with Crippen molar-refractivity contribution in [2.75, 3.05) is 13.7 Å². The second-order valence-corrected chi connectivity index (χ2v) is 8.10. The van der Waals surface area contributed by atoms with Gasteiger partial charge in [-0.05, 0) is 51.3 Å². The Labute approximate surface area is 168 Å². The summed E-state index contributed by atoms with van der Waals surface area (Å²) in [6.07, 6.45) is -4.93. The van der Waals surface area contributed by atoms with Crippen LogP contribution in [0.15, 0.2) is 24.3 Å². The molecule has 2 rings (SSSR count). The highest BCUT2D eigenvalue weighted by atomic mass is 19.4. The molecule has 0 bridgehead atoms. The van der Waals surface area contributed by atoms with Crippen LogP contribution in [0.4, 0.5) is 18.0 Å². The van der Waals surface area contributed by atoms with E-state index in [-0.39, 0.29) is 25.9 Å². The van der Waals surface area contributed by atoms with E-state index in [1.807, 2.05) is 0 Å². The molecule has 1 aliphatic rings. The molecule has 1 aromatic rings. The van der Waals surface area contributed by atoms with Gasteiger partial charge in [0.1, 0.15) is 11.6 Å². The van der Waals surface area contributed by atoms with Crippen molar-refractivity contribution in [1.82, 2.24) is 10.2 Å². The van der Waals surface area contributed by atoms with Gasteiger partial charge in [0.05, 0.1) is 12.7 Å². The summed E-state index contributed by atoms with van der Waals surface area (Å²) in [6.45, 7) is 5.24. The molecule has 1 N–H and O–H groups in total. The standard InChI is InChI=1S/C20H27F3N2O4/c1-19(2,3)29-18(27)24-15-9-10-16(20(21,22)23)25(12-15)11-13-5-7-14(8-6-13)17(26)28-4/h5-8,15-16H,9-12H2,1-4H3,(H,24,27)/t15-,16+/m1/s1. The van der Waals surface area contributed by atoms with E-state index < -0.39 is 35.9 Å². The highest BCUT2D eigenvalue weighted by molar-refractivity contribution is 5.89. The van der Waals surface area contributed by atoms with Crippen molar-refractivity contribution in [2.45, 2.75) is 64.0 Å². The van der Waals surface area contributed by atoms with Gasteiger partial charge in [0, 0.05) is 19.1 Å². The van der Waals surface area contributed by atoms with E-state index in [1.54, 1.807) is 32.9 Å². The Morgan fingerprint density at radius 2 is 1.76 bits per heavy atom. The Bertz CT molecular complexity index is 714. The van der Waals surface area contributed by atoms with Crippen molar-refractivity contribution < 1.29 is 32.2 Å². The van der Waals surface area contributed by atoms with Crippen molar-refractivity contribution >= 4 is 12.1 Å². The van der Waals surface area contributed by atoms with Crippen LogP contribution in [0, 0.1) is 0 Å². The number of hydrogen-bond acceptors (Lipinski definition) is 5. The second kappa shape index (κ2) is 9.02. The SMILES string of the molecule is COC(=O)c1ccc(CN2C[C@H](NC(=O)OC(C)(C)C)CC[C@H]2C(F)(F)F)cc1. The van der Waals surface area contributed by atoms with Gasteiger partial charge in [0.2, 0.25) is 0 Å². The largest absolute Gasteiger partial charge is 0.465 e. The minimum absolute atomic E-state index is 0.0398. The molecule has 1 amide bonds. The molecule has 0 aromatic heterocycles. The summed E-state index contributed by atoms with van der Waals surface area (Å²) in [5, 5.41) is 2.66. The number of amides is 1. The fraction of sp³-hybridized carbons (Fsp3) is 0.600. The topological polar surface area (TPSA) is 67.9 Å². The summed E-state index contributed by atoms with van der Waals surface area (Å²) in [7, 11) is 1.26. The maximum Gasteiger partial charge on any atom is 0.407 e. The van der Waals surface area contributed by atoms with Crippen molar-refractivity contribution in [3.8, 4) is 0 Å². The molecule has 1 fully saturated rings. The smallest absolute Gasteiger partial charge is 0.407 e. The Hall–Kier alpha value is -2.29. The lowest BCUT2D eigenvalue weighted by Gasteiger charge is -2.40. The van der Waals surface area contributed by atoms with Crippen molar-refractivity contribution in [3.63, 3.8) is 0 Å². The molecule has 0 unspecified atom stereocenters. The van der Waals surface area contributed by atoms with E-state index in [2.05, 4.69) is 10.1 Å². The number of alkyl carbamates (subject to hydrolysis) is 1. The Balaban J connectivity index is 2.09. The molecule has 0 radical (unpaired) electrons. The number of carbonyl (C=O) groups excluding carboxylic acids is 2. The maximum absolute atomic E-state index is 13.5. The third kappa shape index (κ3) is 6.92. The molecular formula is C20H27F3N2O4. The van der Waals surface area contributed by atoms with Crippen LogP contribution in [0.25, 0.3) is 0 Å². The number of halogens is 3. The van der Waals surface area contributed by atoms with Crippen molar-refractivity contribution in [2.24, 2.45) is 0 Å². The molecular weight excluding hydrogens is 389 g/mol. The van der Waals surface area contributed by atoms with E-state index in [9.17, 15) is 22.8 Å². The number of nitrogens with zero attached hydrogens (tertiary/aromatic N) is 1. The minimum atomic E-state index is -4.37. The number of benzene rings is 1. The van der Waals surface area contributed by atoms with E-state index in [4.69, 9.17) is 4.74 Å². The first-order chi connectivity index (χ1) is 13.4. The summed E-state index contributed by atoms with van der Waals surface area (Å²) in [5.74, 6) is -0.510. The number of hydrogen-bond donors (Lipinski definition) is 1. The first kappa shape index (κ1) is 23.0. The fourth-order valence-electron chi connectivity index (χ4n) is 3.28. The summed E-state index contributed by atoms with van der Waals surface area (Å²) in [6, 6.07) is 4.20. The highest BCUT2D eigenvalue weighted by Gasteiger charge is 2.46. The van der Waals surface area contributed by atoms with Crippen LogP contribution >= 0.6 is 0 Å². The van der Waals surface area contributed by atoms with Crippen LogP contribution in [0.3, 0.4) is 0 Å². The predicted octanol–water partition coefficient (Wildman–Crippen LogP) is 3.89. The summed E-state index contributed by atoms with van der Waals surface area (Å²) in [4.78, 5) is 24.8. The molecule has 0 saturated carbocycles. The number of likely N-dealkylation sites (tertiary alicyclic amines) is 1. The minimum Gasteiger partial charge on any atom is -0.465 e. The first-order valence-corrected chi connectivity index (χ1v) is 9.36. The van der Waals surface area contributed by atoms with Gasteiger partial charge in [-0.25, -0.2) is 9.59 Å². The first-order valence-electron chi connectivity index (χ1n) is 9.36. The van der Waals surface area contributed by atoms with Crippen LogP contribution < -0.4 is 5.32 Å². The molecule has 9 heteroatoms. The van der Waals surface area contributed by atoms with Gasteiger partial charge in [-0.2, -0.15) is 13.2 Å². The van der Waals surface area contributed by atoms with Gasteiger partial charge in [-0.1, -0.05) is 12.1 Å². The Morgan fingerprint density at radius 1 is 1.14 bits per heavy atom. The van der Waals surface area contributed by atoms with Crippen molar-refractivity contribution in [3.05, 3.63) is 35.4 Å². The predicted molar refractivity (Wildman–Crippen MR) is 100 cm³/mol. The molecule has 1 saturated heterocycles. The monoisotopic (exact) mass is 416 g/mol. The third-order valence-corrected chi connectivity index (χ3v) is 4.54. The van der Waals surface area contributed by atoms with Crippen molar-refractivity contribution in [1.29, 1.82) is 0 Å². The normalized spacial score (nSPS) is 20.8. The second-order valence-electron chi connectivity index (χ2n) is 8.10. The number of carbonyl (C=O) groups is 2. The summed E-state index contributed by atoms with van der Waals surface area (Å²) >= 11 is 0. The van der Waals surface area contributed by atoms with Gasteiger partial charge in [0.15, 0.2) is 0 Å². The number of alkyl halides is 3. The van der Waals surface area contributed by atoms with Crippen LogP contribution in [0.2, 0.25) is 0 Å². The van der Waals surface area contributed by atoms with Gasteiger partial charge in [-0.15, -0.1) is 0 Å². The molecule has 0 aliphatic carbocycles. The quantitative estimate of drug-likeness (QED) is 0.755. The lowest BCUT2D eigenvalue weighted by molar-refractivity contribution is -0.194. The molecule has 2 atom stereocenters. The summed E-state index contributed by atoms with van der Waals surface area (Å²) in [5.41, 5.74) is 0.269. The zero-order chi connectivity index (χ0) is 21.8. The molecule has 29 heavy (non-hydrogen) atoms. The zero-order valence-corrected chi connectivity index (χ0v) is 17.0. The molecule has 6 nitrogen and oxygen atoms in total. The fourth-order valence-corrected chi connectivity index (χ4v) is 3.28. The number of nitrogens with one attached hydrogen (secondary N) is 1. The molecule has 1 aliphatic heterocycles. The molecule has 1 heterocycles. The van der Waals surface area contributed by atoms with Gasteiger partial charge < -0.3 is 14.8 Å². The van der Waals surface area contributed by atoms with Crippen LogP contribution in [-0.4, -0.2) is 54.5 Å². The van der Waals surface area contributed by atoms with Crippen LogP contribution in [-0.2, 0) is 16.0 Å². The van der Waals surface area contributed by atoms with Gasteiger partial charge in [0.25, 0.3) is 0 Å². The third-order valence-electron chi connectivity index (χ3n) is 4.54. The van der Waals surface area contributed by atoms with E-state index in [1.165, 1.54) is 24.1 Å². The molecule has 1 aromatic carbocycles. The number of ether oxygens (including phenoxy) is 2. The van der Waals surface area contributed by atoms with Gasteiger partial charge >= 0.3 is 18.2 Å². The molecule has 0 spiro atoms. The van der Waals surface area contributed by atoms with Crippen LogP contribution in [0.1, 0.15) is 49.5 Å². The lowest BCUT2D eigenvalue weighted by atomic mass is 9.97. The van der Waals surface area contributed by atoms with Crippen LogP contribution in [0.5, 0.6) is 0 Å². The Morgan fingerprint density at radius 3 is 2.28 bits per heavy atom. The average molecular weight is 416 g/mol. The summed E-state index contributed by atoms with van der Waals surface area (Å²) < 4.78 is 50.3. The number of methoxy groups -OCH3 is 1. The lowest BCUT2D eigenvalue weighted by Crippen LogP contribution is -2.56.